The van der Waals surface area contributed by atoms with E-state index in [-0.39, 0.29) is 11.8 Å². The maximum Gasteiger partial charge on any atom is 0.146 e. The molecule has 0 aliphatic heterocycles. The summed E-state index contributed by atoms with van der Waals surface area (Å²) in [7, 11) is 0. The Morgan fingerprint density at radius 3 is 2.65 bits per heavy atom. The first-order valence-electron chi connectivity index (χ1n) is 6.24. The van der Waals surface area contributed by atoms with Crippen LogP contribution in [0.3, 0.4) is 0 Å². The van der Waals surface area contributed by atoms with Crippen molar-refractivity contribution in [3.8, 4) is 5.75 Å². The molecule has 0 radical (unpaired) electrons. The lowest BCUT2D eigenvalue weighted by molar-refractivity contribution is 0.244. The van der Waals surface area contributed by atoms with E-state index in [1.54, 1.807) is 18.2 Å². The van der Waals surface area contributed by atoms with E-state index in [1.165, 1.54) is 18.2 Å². The molecule has 3 nitrogen and oxygen atoms in total. The molecule has 0 amide bonds. The first kappa shape index (κ1) is 14.5. The molecule has 0 saturated heterocycles. The molecule has 5 heteroatoms. The van der Waals surface area contributed by atoms with Crippen LogP contribution in [-0.4, -0.2) is 6.10 Å². The van der Waals surface area contributed by atoms with Crippen LogP contribution < -0.4 is 15.8 Å². The third-order valence-electron chi connectivity index (χ3n) is 2.63. The molecule has 106 valence electrons. The van der Waals surface area contributed by atoms with E-state index in [1.807, 2.05) is 13.8 Å². The average molecular weight is 295 g/mol. The summed E-state index contributed by atoms with van der Waals surface area (Å²) in [6.07, 6.45) is 0.00968. The van der Waals surface area contributed by atoms with Crippen LogP contribution in [0.2, 0.25) is 5.02 Å². The third-order valence-corrected chi connectivity index (χ3v) is 2.86. The third kappa shape index (κ3) is 3.33. The Kier molecular flexibility index (Phi) is 4.35. The Morgan fingerprint density at radius 1 is 1.20 bits per heavy atom. The van der Waals surface area contributed by atoms with Gasteiger partial charge in [0.1, 0.15) is 11.6 Å². The standard InChI is InChI=1S/C15H16ClFN2O/c1-9(2)20-14-5-3-4-12(15(14)18)19-13-8-10(16)6-7-11(13)17/h3-9,19H,18H2,1-2H3. The van der Waals surface area contributed by atoms with Gasteiger partial charge in [-0.25, -0.2) is 4.39 Å². The molecule has 2 rings (SSSR count). The van der Waals surface area contributed by atoms with Crippen molar-refractivity contribution < 1.29 is 9.13 Å². The molecular weight excluding hydrogens is 279 g/mol. The van der Waals surface area contributed by atoms with Crippen molar-refractivity contribution >= 4 is 28.7 Å². The molecule has 0 unspecified atom stereocenters. The van der Waals surface area contributed by atoms with E-state index in [2.05, 4.69) is 5.32 Å². The topological polar surface area (TPSA) is 47.3 Å². The summed E-state index contributed by atoms with van der Waals surface area (Å²) in [6, 6.07) is 9.61. The predicted molar refractivity (Wildman–Crippen MR) is 81.3 cm³/mol. The quantitative estimate of drug-likeness (QED) is 0.811. The van der Waals surface area contributed by atoms with E-state index in [0.29, 0.717) is 22.1 Å². The normalized spacial score (nSPS) is 10.7. The van der Waals surface area contributed by atoms with Gasteiger partial charge in [0.05, 0.1) is 23.2 Å². The van der Waals surface area contributed by atoms with Gasteiger partial charge >= 0.3 is 0 Å². The Balaban J connectivity index is 2.32. The van der Waals surface area contributed by atoms with Gasteiger partial charge in [0.15, 0.2) is 0 Å². The van der Waals surface area contributed by atoms with Crippen molar-refractivity contribution in [2.45, 2.75) is 20.0 Å². The molecule has 0 heterocycles. The van der Waals surface area contributed by atoms with Gasteiger partial charge in [-0.05, 0) is 44.2 Å². The van der Waals surface area contributed by atoms with Crippen molar-refractivity contribution in [3.63, 3.8) is 0 Å². The Labute approximate surface area is 122 Å². The van der Waals surface area contributed by atoms with Crippen LogP contribution in [0.25, 0.3) is 0 Å². The summed E-state index contributed by atoms with van der Waals surface area (Å²) in [6.45, 7) is 3.83. The number of anilines is 3. The van der Waals surface area contributed by atoms with Gasteiger partial charge in [-0.2, -0.15) is 0 Å². The lowest BCUT2D eigenvalue weighted by Crippen LogP contribution is -2.08. The second-order valence-electron chi connectivity index (χ2n) is 4.63. The molecule has 0 aromatic heterocycles. The van der Waals surface area contributed by atoms with Crippen molar-refractivity contribution in [2.75, 3.05) is 11.1 Å². The smallest absolute Gasteiger partial charge is 0.146 e. The predicted octanol–water partition coefficient (Wildman–Crippen LogP) is 4.59. The number of nitrogens with two attached hydrogens (primary N) is 1. The van der Waals surface area contributed by atoms with Gasteiger partial charge in [-0.1, -0.05) is 17.7 Å². The number of hydrogen-bond acceptors (Lipinski definition) is 3. The van der Waals surface area contributed by atoms with Crippen molar-refractivity contribution in [1.82, 2.24) is 0 Å². The zero-order valence-electron chi connectivity index (χ0n) is 11.3. The molecular formula is C15H16ClFN2O. The summed E-state index contributed by atoms with van der Waals surface area (Å²) in [5.41, 5.74) is 7.30. The second kappa shape index (κ2) is 6.01. The highest BCUT2D eigenvalue weighted by Crippen LogP contribution is 2.33. The molecule has 2 aromatic rings. The minimum Gasteiger partial charge on any atom is -0.489 e. The molecule has 0 aliphatic carbocycles. The fraction of sp³-hybridized carbons (Fsp3) is 0.200. The highest BCUT2D eigenvalue weighted by Gasteiger charge is 2.10. The van der Waals surface area contributed by atoms with Crippen LogP contribution in [-0.2, 0) is 0 Å². The molecule has 0 aliphatic rings. The Morgan fingerprint density at radius 2 is 1.95 bits per heavy atom. The number of nitrogens with one attached hydrogen (secondary N) is 1. The summed E-state index contributed by atoms with van der Waals surface area (Å²) in [5.74, 6) is 0.163. The van der Waals surface area contributed by atoms with Gasteiger partial charge in [0.25, 0.3) is 0 Å². The fourth-order valence-electron chi connectivity index (χ4n) is 1.75. The maximum atomic E-state index is 13.7. The number of nitrogen functional groups attached to an aromatic ring is 1. The molecule has 2 aromatic carbocycles. The van der Waals surface area contributed by atoms with Crippen LogP contribution in [0.1, 0.15) is 13.8 Å². The van der Waals surface area contributed by atoms with E-state index in [4.69, 9.17) is 22.1 Å². The van der Waals surface area contributed by atoms with Crippen molar-refractivity contribution in [2.24, 2.45) is 0 Å². The summed E-state index contributed by atoms with van der Waals surface area (Å²) in [4.78, 5) is 0. The zero-order chi connectivity index (χ0) is 14.7. The van der Waals surface area contributed by atoms with E-state index in [9.17, 15) is 4.39 Å². The van der Waals surface area contributed by atoms with Crippen LogP contribution in [0.15, 0.2) is 36.4 Å². The maximum absolute atomic E-state index is 13.7. The van der Waals surface area contributed by atoms with Gasteiger partial charge in [0, 0.05) is 5.02 Å². The minimum absolute atomic E-state index is 0.00968. The number of ether oxygens (including phenoxy) is 1. The summed E-state index contributed by atoms with van der Waals surface area (Å²) >= 11 is 5.86. The van der Waals surface area contributed by atoms with Crippen LogP contribution >= 0.6 is 11.6 Å². The first-order chi connectivity index (χ1) is 9.47. The molecule has 3 N–H and O–H groups in total. The monoisotopic (exact) mass is 294 g/mol. The first-order valence-corrected chi connectivity index (χ1v) is 6.62. The summed E-state index contributed by atoms with van der Waals surface area (Å²) < 4.78 is 19.3. The molecule has 0 fully saturated rings. The van der Waals surface area contributed by atoms with E-state index < -0.39 is 5.82 Å². The second-order valence-corrected chi connectivity index (χ2v) is 5.07. The number of rotatable bonds is 4. The highest BCUT2D eigenvalue weighted by atomic mass is 35.5. The number of hydrogen-bond donors (Lipinski definition) is 2. The van der Waals surface area contributed by atoms with Gasteiger partial charge < -0.3 is 15.8 Å². The number of para-hydroxylation sites is 1. The van der Waals surface area contributed by atoms with Crippen LogP contribution in [0, 0.1) is 5.82 Å². The van der Waals surface area contributed by atoms with Gasteiger partial charge in [0.2, 0.25) is 0 Å². The van der Waals surface area contributed by atoms with Crippen molar-refractivity contribution in [3.05, 3.63) is 47.2 Å². The molecule has 0 bridgehead atoms. The summed E-state index contributed by atoms with van der Waals surface area (Å²) in [5, 5.41) is 3.38. The van der Waals surface area contributed by atoms with E-state index in [0.717, 1.165) is 0 Å². The zero-order valence-corrected chi connectivity index (χ0v) is 12.0. The van der Waals surface area contributed by atoms with Crippen LogP contribution in [0.5, 0.6) is 5.75 Å². The number of halogens is 2. The van der Waals surface area contributed by atoms with Crippen LogP contribution in [0.4, 0.5) is 21.5 Å². The highest BCUT2D eigenvalue weighted by molar-refractivity contribution is 6.30. The molecule has 0 saturated carbocycles. The van der Waals surface area contributed by atoms with E-state index >= 15 is 0 Å². The fourth-order valence-corrected chi connectivity index (χ4v) is 1.92. The van der Waals surface area contributed by atoms with Crippen molar-refractivity contribution in [1.29, 1.82) is 0 Å². The lowest BCUT2D eigenvalue weighted by atomic mass is 10.2. The minimum atomic E-state index is -0.399. The SMILES string of the molecule is CC(C)Oc1cccc(Nc2cc(Cl)ccc2F)c1N. The molecule has 0 atom stereocenters. The van der Waals surface area contributed by atoms with Gasteiger partial charge in [-0.3, -0.25) is 0 Å². The molecule has 20 heavy (non-hydrogen) atoms. The number of benzene rings is 2. The molecule has 0 spiro atoms. The van der Waals surface area contributed by atoms with Gasteiger partial charge in [-0.15, -0.1) is 0 Å². The Bertz CT molecular complexity index is 617. The Hall–Kier alpha value is -1.94. The lowest BCUT2D eigenvalue weighted by Gasteiger charge is -2.16. The largest absolute Gasteiger partial charge is 0.489 e. The average Bonchev–Trinajstić information content (AvgIpc) is 2.38.